The maximum atomic E-state index is 5.92. The Balaban J connectivity index is 0.00000288. The van der Waals surface area contributed by atoms with Crippen molar-refractivity contribution < 1.29 is 0 Å². The standard InChI is InChI=1S/C18H25N5.HI/c1-4-23(5-2)17-11-8-15(12-20-17)13-21-18(19)22-16-9-6-14(3)7-10-16;/h6-12H,4-5,13H2,1-3H3,(H3,19,21,22);1H. The highest BCUT2D eigenvalue weighted by Crippen LogP contribution is 2.12. The van der Waals surface area contributed by atoms with Crippen molar-refractivity contribution in [2.24, 2.45) is 10.7 Å². The van der Waals surface area contributed by atoms with Crippen LogP contribution in [0.25, 0.3) is 0 Å². The third kappa shape index (κ3) is 5.99. The third-order valence-electron chi connectivity index (χ3n) is 3.65. The average Bonchev–Trinajstić information content (AvgIpc) is 2.57. The van der Waals surface area contributed by atoms with E-state index in [1.165, 1.54) is 5.56 Å². The molecular formula is C18H26IN5. The van der Waals surface area contributed by atoms with Crippen molar-refractivity contribution in [2.45, 2.75) is 27.3 Å². The van der Waals surface area contributed by atoms with Crippen molar-refractivity contribution in [1.82, 2.24) is 4.98 Å². The zero-order chi connectivity index (χ0) is 16.7. The van der Waals surface area contributed by atoms with Crippen LogP contribution in [-0.2, 0) is 6.54 Å². The van der Waals surface area contributed by atoms with Gasteiger partial charge in [0.1, 0.15) is 5.82 Å². The topological polar surface area (TPSA) is 66.5 Å². The van der Waals surface area contributed by atoms with Crippen molar-refractivity contribution in [3.8, 4) is 0 Å². The van der Waals surface area contributed by atoms with Crippen molar-refractivity contribution in [3.05, 3.63) is 53.7 Å². The minimum atomic E-state index is 0. The van der Waals surface area contributed by atoms with Crippen LogP contribution in [0.5, 0.6) is 0 Å². The fourth-order valence-corrected chi connectivity index (χ4v) is 2.25. The number of nitrogens with two attached hydrogens (primary N) is 1. The van der Waals surface area contributed by atoms with Crippen LogP contribution in [0, 0.1) is 6.92 Å². The second kappa shape index (κ2) is 10.1. The Labute approximate surface area is 161 Å². The number of halogens is 1. The first-order chi connectivity index (χ1) is 11.1. The van der Waals surface area contributed by atoms with Crippen LogP contribution < -0.4 is 16.0 Å². The van der Waals surface area contributed by atoms with Gasteiger partial charge in [0.05, 0.1) is 6.54 Å². The molecule has 1 aromatic carbocycles. The molecule has 6 heteroatoms. The maximum absolute atomic E-state index is 5.92. The van der Waals surface area contributed by atoms with Gasteiger partial charge in [0, 0.05) is 25.0 Å². The summed E-state index contributed by atoms with van der Waals surface area (Å²) < 4.78 is 0. The van der Waals surface area contributed by atoms with Gasteiger partial charge in [0.2, 0.25) is 0 Å². The van der Waals surface area contributed by atoms with Crippen molar-refractivity contribution >= 4 is 41.4 Å². The molecule has 3 N–H and O–H groups in total. The van der Waals surface area contributed by atoms with E-state index in [1.807, 2.05) is 42.6 Å². The van der Waals surface area contributed by atoms with Crippen LogP contribution in [0.3, 0.4) is 0 Å². The molecule has 0 saturated heterocycles. The van der Waals surface area contributed by atoms with E-state index in [2.05, 4.69) is 41.0 Å². The van der Waals surface area contributed by atoms with Crippen LogP contribution in [0.15, 0.2) is 47.6 Å². The van der Waals surface area contributed by atoms with Crippen LogP contribution >= 0.6 is 24.0 Å². The van der Waals surface area contributed by atoms with Gasteiger partial charge in [-0.25, -0.2) is 9.98 Å². The molecule has 24 heavy (non-hydrogen) atoms. The molecule has 0 radical (unpaired) electrons. The van der Waals surface area contributed by atoms with Crippen molar-refractivity contribution in [1.29, 1.82) is 0 Å². The Hall–Kier alpha value is -1.83. The first-order valence-corrected chi connectivity index (χ1v) is 7.95. The van der Waals surface area contributed by atoms with E-state index in [9.17, 15) is 0 Å². The molecule has 5 nitrogen and oxygen atoms in total. The molecule has 0 amide bonds. The van der Waals surface area contributed by atoms with Crippen LogP contribution in [-0.4, -0.2) is 24.0 Å². The summed E-state index contributed by atoms with van der Waals surface area (Å²) in [4.78, 5) is 11.1. The highest BCUT2D eigenvalue weighted by atomic mass is 127. The molecule has 2 rings (SSSR count). The number of aliphatic imine (C=N–C) groups is 1. The minimum Gasteiger partial charge on any atom is -0.370 e. The first kappa shape index (κ1) is 20.2. The molecule has 0 aliphatic heterocycles. The number of aryl methyl sites for hydroxylation is 1. The summed E-state index contributed by atoms with van der Waals surface area (Å²) in [6.07, 6.45) is 1.86. The molecule has 0 atom stereocenters. The normalized spacial score (nSPS) is 10.9. The molecule has 0 aliphatic carbocycles. The van der Waals surface area contributed by atoms with Gasteiger partial charge in [0.25, 0.3) is 0 Å². The monoisotopic (exact) mass is 439 g/mol. The lowest BCUT2D eigenvalue weighted by Crippen LogP contribution is -2.23. The lowest BCUT2D eigenvalue weighted by molar-refractivity contribution is 0.843. The van der Waals surface area contributed by atoms with E-state index < -0.39 is 0 Å². The zero-order valence-electron chi connectivity index (χ0n) is 14.5. The third-order valence-corrected chi connectivity index (χ3v) is 3.65. The Morgan fingerprint density at radius 2 is 1.79 bits per heavy atom. The number of pyridine rings is 1. The molecule has 1 heterocycles. The van der Waals surface area contributed by atoms with E-state index in [0.29, 0.717) is 12.5 Å². The summed E-state index contributed by atoms with van der Waals surface area (Å²) in [5.41, 5.74) is 9.11. The molecule has 0 aliphatic rings. The molecule has 0 spiro atoms. The number of hydrogen-bond donors (Lipinski definition) is 2. The largest absolute Gasteiger partial charge is 0.370 e. The van der Waals surface area contributed by atoms with E-state index >= 15 is 0 Å². The Bertz CT molecular complexity index is 633. The highest BCUT2D eigenvalue weighted by Gasteiger charge is 2.03. The van der Waals surface area contributed by atoms with Gasteiger partial charge in [-0.15, -0.1) is 24.0 Å². The second-order valence-corrected chi connectivity index (χ2v) is 5.39. The summed E-state index contributed by atoms with van der Waals surface area (Å²) in [7, 11) is 0. The van der Waals surface area contributed by atoms with Gasteiger partial charge >= 0.3 is 0 Å². The summed E-state index contributed by atoms with van der Waals surface area (Å²) in [6, 6.07) is 12.1. The summed E-state index contributed by atoms with van der Waals surface area (Å²) in [5, 5.41) is 3.09. The van der Waals surface area contributed by atoms with Gasteiger partial charge in [0.15, 0.2) is 5.96 Å². The fraction of sp³-hybridized carbons (Fsp3) is 0.333. The average molecular weight is 439 g/mol. The first-order valence-electron chi connectivity index (χ1n) is 7.95. The fourth-order valence-electron chi connectivity index (χ4n) is 2.25. The number of anilines is 2. The van der Waals surface area contributed by atoms with Gasteiger partial charge in [-0.1, -0.05) is 23.8 Å². The molecule has 130 valence electrons. The predicted octanol–water partition coefficient (Wildman–Crippen LogP) is 3.78. The molecule has 0 saturated carbocycles. The molecular weight excluding hydrogens is 413 g/mol. The maximum Gasteiger partial charge on any atom is 0.193 e. The van der Waals surface area contributed by atoms with Crippen LogP contribution in [0.2, 0.25) is 0 Å². The quantitative estimate of drug-likeness (QED) is 0.409. The van der Waals surface area contributed by atoms with E-state index in [1.54, 1.807) is 0 Å². The van der Waals surface area contributed by atoms with Gasteiger partial charge in [-0.2, -0.15) is 0 Å². The van der Waals surface area contributed by atoms with E-state index in [0.717, 1.165) is 30.2 Å². The second-order valence-electron chi connectivity index (χ2n) is 5.39. The van der Waals surface area contributed by atoms with Gasteiger partial charge < -0.3 is 16.0 Å². The van der Waals surface area contributed by atoms with Gasteiger partial charge in [-0.05, 0) is 44.5 Å². The summed E-state index contributed by atoms with van der Waals surface area (Å²) in [6.45, 7) is 8.72. The van der Waals surface area contributed by atoms with E-state index in [-0.39, 0.29) is 24.0 Å². The van der Waals surface area contributed by atoms with Crippen molar-refractivity contribution in [3.63, 3.8) is 0 Å². The molecule has 2 aromatic rings. The highest BCUT2D eigenvalue weighted by molar-refractivity contribution is 14.0. The van der Waals surface area contributed by atoms with Gasteiger partial charge in [-0.3, -0.25) is 0 Å². The molecule has 0 bridgehead atoms. The lowest BCUT2D eigenvalue weighted by atomic mass is 10.2. The molecule has 0 unspecified atom stereocenters. The Morgan fingerprint density at radius 3 is 2.33 bits per heavy atom. The number of guanidine groups is 1. The lowest BCUT2D eigenvalue weighted by Gasteiger charge is -2.19. The number of nitrogens with zero attached hydrogens (tertiary/aromatic N) is 3. The predicted molar refractivity (Wildman–Crippen MR) is 113 cm³/mol. The summed E-state index contributed by atoms with van der Waals surface area (Å²) in [5.74, 6) is 1.40. The number of hydrogen-bond acceptors (Lipinski definition) is 3. The molecule has 0 fully saturated rings. The minimum absolute atomic E-state index is 0. The molecule has 1 aromatic heterocycles. The van der Waals surface area contributed by atoms with Crippen LogP contribution in [0.4, 0.5) is 11.5 Å². The Morgan fingerprint density at radius 1 is 1.12 bits per heavy atom. The SMILES string of the molecule is CCN(CC)c1ccc(CN=C(N)Nc2ccc(C)cc2)cn1.I. The number of aromatic nitrogens is 1. The van der Waals surface area contributed by atoms with Crippen LogP contribution in [0.1, 0.15) is 25.0 Å². The summed E-state index contributed by atoms with van der Waals surface area (Å²) >= 11 is 0. The Kier molecular flexibility index (Phi) is 8.53. The van der Waals surface area contributed by atoms with E-state index in [4.69, 9.17) is 5.73 Å². The number of nitrogens with one attached hydrogen (secondary N) is 1. The smallest absolute Gasteiger partial charge is 0.193 e. The van der Waals surface area contributed by atoms with Crippen molar-refractivity contribution in [2.75, 3.05) is 23.3 Å². The number of benzene rings is 1. The number of rotatable bonds is 6. The zero-order valence-corrected chi connectivity index (χ0v) is 16.8.